The van der Waals surface area contributed by atoms with Crippen molar-refractivity contribution in [2.75, 3.05) is 17.7 Å². The second-order valence-corrected chi connectivity index (χ2v) is 5.87. The molecule has 0 saturated heterocycles. The average Bonchev–Trinajstić information content (AvgIpc) is 2.41. The smallest absolute Gasteiger partial charge is 0.382 e. The van der Waals surface area contributed by atoms with Crippen LogP contribution in [0.25, 0.3) is 0 Å². The summed E-state index contributed by atoms with van der Waals surface area (Å²) in [6, 6.07) is 0. The summed E-state index contributed by atoms with van der Waals surface area (Å²) >= 11 is 6.62. The van der Waals surface area contributed by atoms with Gasteiger partial charge < -0.3 is 21.0 Å². The minimum atomic E-state index is -0.646. The molecule has 0 aliphatic carbocycles. The highest BCUT2D eigenvalue weighted by Gasteiger charge is 2.20. The van der Waals surface area contributed by atoms with E-state index in [1.54, 1.807) is 6.26 Å². The van der Waals surface area contributed by atoms with E-state index < -0.39 is 12.0 Å². The van der Waals surface area contributed by atoms with Crippen LogP contribution in [0.4, 0.5) is 16.4 Å². The summed E-state index contributed by atoms with van der Waals surface area (Å²) in [4.78, 5) is 32.2. The Hall–Kier alpha value is -2.07. The largest absolute Gasteiger partial charge is 0.445 e. The fourth-order valence-electron chi connectivity index (χ4n) is 1.11. The Labute approximate surface area is 143 Å². The zero-order valence-electron chi connectivity index (χ0n) is 13.2. The summed E-state index contributed by atoms with van der Waals surface area (Å²) < 4.78 is 4.24. The van der Waals surface area contributed by atoms with Gasteiger partial charge in [0.1, 0.15) is 0 Å². The molecular formula is C12H19ClN6O3S. The molecule has 0 bridgehead atoms. The molecule has 1 aromatic heterocycles. The highest BCUT2D eigenvalue weighted by Crippen LogP contribution is 2.17. The number of anilines is 2. The molecule has 0 saturated carbocycles. The number of rotatable bonds is 2. The van der Waals surface area contributed by atoms with Gasteiger partial charge in [0.15, 0.2) is 22.5 Å². The Kier molecular flexibility index (Phi) is 8.33. The van der Waals surface area contributed by atoms with Gasteiger partial charge in [0.25, 0.3) is 5.91 Å². The van der Waals surface area contributed by atoms with Crippen molar-refractivity contribution in [3.8, 4) is 0 Å². The van der Waals surface area contributed by atoms with Gasteiger partial charge in [-0.2, -0.15) is 4.99 Å². The summed E-state index contributed by atoms with van der Waals surface area (Å²) in [7, 11) is 0. The van der Waals surface area contributed by atoms with Gasteiger partial charge in [0, 0.05) is 11.8 Å². The van der Waals surface area contributed by atoms with E-state index in [0.717, 1.165) is 12.0 Å². The number of halogens is 1. The number of carbonyl (C=O) groups is 2. The molecule has 9 nitrogen and oxygen atoms in total. The van der Waals surface area contributed by atoms with Crippen LogP contribution in [0.15, 0.2) is 4.99 Å². The SMILES string of the molecule is C=NC(=O)OSC.CC(C)(C)NC(=O)c1nc(Cl)c(N)nc1N. The molecule has 0 aliphatic rings. The number of aliphatic imine (C=N–C) groups is 1. The number of carbonyl (C=O) groups excluding carboxylic acids is 2. The van der Waals surface area contributed by atoms with Crippen molar-refractivity contribution < 1.29 is 13.8 Å². The van der Waals surface area contributed by atoms with Gasteiger partial charge in [0.05, 0.1) is 12.0 Å². The fraction of sp³-hybridized carbons (Fsp3) is 0.417. The Morgan fingerprint density at radius 2 is 1.87 bits per heavy atom. The molecule has 0 spiro atoms. The third-order valence-corrected chi connectivity index (χ3v) is 2.48. The van der Waals surface area contributed by atoms with Crippen LogP contribution in [0.5, 0.6) is 0 Å². The van der Waals surface area contributed by atoms with E-state index in [0.29, 0.717) is 0 Å². The predicted molar refractivity (Wildman–Crippen MR) is 92.6 cm³/mol. The number of hydrogen-bond acceptors (Lipinski definition) is 8. The van der Waals surface area contributed by atoms with Gasteiger partial charge in [-0.1, -0.05) is 11.6 Å². The highest BCUT2D eigenvalue weighted by atomic mass is 35.5. The molecule has 5 N–H and O–H groups in total. The second-order valence-electron chi connectivity index (χ2n) is 5.01. The normalized spacial score (nSPS) is 10.1. The average molecular weight is 363 g/mol. The molecule has 1 heterocycles. The standard InChI is InChI=1S/C9H14ClN5O.C3H5NO2S/c1-9(2,3)15-8(16)4-6(11)14-7(12)5(10)13-4;1-4-3(5)6-7-2/h1-3H3,(H,15,16)(H4,11,12,14);1H2,2H3. The Morgan fingerprint density at radius 3 is 2.26 bits per heavy atom. The first-order chi connectivity index (χ1) is 10.5. The van der Waals surface area contributed by atoms with E-state index in [9.17, 15) is 9.59 Å². The van der Waals surface area contributed by atoms with E-state index in [1.165, 1.54) is 0 Å². The lowest BCUT2D eigenvalue weighted by Gasteiger charge is -2.20. The molecule has 0 atom stereocenters. The topological polar surface area (TPSA) is 146 Å². The van der Waals surface area contributed by atoms with Crippen LogP contribution < -0.4 is 16.8 Å². The first-order valence-electron chi connectivity index (χ1n) is 6.14. The molecule has 11 heteroatoms. The first kappa shape index (κ1) is 20.9. The summed E-state index contributed by atoms with van der Waals surface area (Å²) in [5.41, 5.74) is 10.5. The molecule has 0 fully saturated rings. The van der Waals surface area contributed by atoms with Crippen molar-refractivity contribution in [1.29, 1.82) is 0 Å². The zero-order valence-corrected chi connectivity index (χ0v) is 14.8. The van der Waals surface area contributed by atoms with Gasteiger partial charge in [-0.05, 0) is 27.5 Å². The van der Waals surface area contributed by atoms with Crippen LogP contribution in [-0.2, 0) is 4.18 Å². The number of amides is 2. The van der Waals surface area contributed by atoms with Gasteiger partial charge in [-0.25, -0.2) is 14.8 Å². The van der Waals surface area contributed by atoms with Crippen LogP contribution in [0.2, 0.25) is 5.15 Å². The maximum Gasteiger partial charge on any atom is 0.445 e. The number of nitrogen functional groups attached to an aromatic ring is 2. The number of nitrogens with one attached hydrogen (secondary N) is 1. The molecule has 0 radical (unpaired) electrons. The highest BCUT2D eigenvalue weighted by molar-refractivity contribution is 7.94. The number of hydrogen-bond donors (Lipinski definition) is 3. The minimum Gasteiger partial charge on any atom is -0.382 e. The predicted octanol–water partition coefficient (Wildman–Crippen LogP) is 1.92. The Morgan fingerprint density at radius 1 is 1.30 bits per heavy atom. The molecule has 128 valence electrons. The lowest BCUT2D eigenvalue weighted by atomic mass is 10.1. The third-order valence-electron chi connectivity index (χ3n) is 1.89. The molecule has 0 unspecified atom stereocenters. The van der Waals surface area contributed by atoms with E-state index in [4.69, 9.17) is 23.1 Å². The summed E-state index contributed by atoms with van der Waals surface area (Å²) in [5.74, 6) is -0.463. The zero-order chi connectivity index (χ0) is 18.2. The van der Waals surface area contributed by atoms with Crippen molar-refractivity contribution >= 4 is 54.0 Å². The van der Waals surface area contributed by atoms with Gasteiger partial charge in [0.2, 0.25) is 0 Å². The number of aromatic nitrogens is 2. The molecular weight excluding hydrogens is 344 g/mol. The van der Waals surface area contributed by atoms with Crippen molar-refractivity contribution in [2.24, 2.45) is 4.99 Å². The summed E-state index contributed by atoms with van der Waals surface area (Å²) in [6.07, 6.45) is 0.982. The van der Waals surface area contributed by atoms with Crippen molar-refractivity contribution in [3.63, 3.8) is 0 Å². The lowest BCUT2D eigenvalue weighted by Crippen LogP contribution is -2.41. The van der Waals surface area contributed by atoms with Gasteiger partial charge in [-0.15, -0.1) is 0 Å². The van der Waals surface area contributed by atoms with Crippen molar-refractivity contribution in [2.45, 2.75) is 26.3 Å². The third kappa shape index (κ3) is 8.21. The van der Waals surface area contributed by atoms with Crippen molar-refractivity contribution in [1.82, 2.24) is 15.3 Å². The lowest BCUT2D eigenvalue weighted by molar-refractivity contribution is 0.0915. The number of nitrogens with two attached hydrogens (primary N) is 2. The maximum atomic E-state index is 11.8. The quantitative estimate of drug-likeness (QED) is 0.534. The minimum absolute atomic E-state index is 0.00600. The molecule has 1 aromatic rings. The summed E-state index contributed by atoms with van der Waals surface area (Å²) in [6.45, 7) is 8.46. The van der Waals surface area contributed by atoms with Crippen LogP contribution in [0.3, 0.4) is 0 Å². The van der Waals surface area contributed by atoms with Crippen molar-refractivity contribution in [3.05, 3.63) is 10.8 Å². The van der Waals surface area contributed by atoms with Crippen LogP contribution in [-0.4, -0.2) is 40.5 Å². The maximum absolute atomic E-state index is 11.8. The van der Waals surface area contributed by atoms with E-state index in [1.807, 2.05) is 20.8 Å². The van der Waals surface area contributed by atoms with Gasteiger partial charge in [-0.3, -0.25) is 4.79 Å². The second kappa shape index (κ2) is 9.16. The monoisotopic (exact) mass is 362 g/mol. The first-order valence-corrected chi connectivity index (χ1v) is 7.67. The summed E-state index contributed by atoms with van der Waals surface area (Å²) in [5, 5.41) is 2.67. The molecule has 1 rings (SSSR count). The molecule has 2 amide bonds. The van der Waals surface area contributed by atoms with Crippen LogP contribution >= 0.6 is 23.6 Å². The van der Waals surface area contributed by atoms with Crippen LogP contribution in [0, 0.1) is 0 Å². The van der Waals surface area contributed by atoms with E-state index in [2.05, 4.69) is 31.2 Å². The molecule has 0 aromatic carbocycles. The van der Waals surface area contributed by atoms with E-state index in [-0.39, 0.29) is 28.0 Å². The molecule has 23 heavy (non-hydrogen) atoms. The van der Waals surface area contributed by atoms with Gasteiger partial charge >= 0.3 is 6.09 Å². The number of nitrogens with zero attached hydrogens (tertiary/aromatic N) is 3. The molecule has 0 aliphatic heterocycles. The van der Waals surface area contributed by atoms with E-state index >= 15 is 0 Å². The fourth-order valence-corrected chi connectivity index (χ4v) is 1.43. The Balaban J connectivity index is 0.000000585. The Bertz CT molecular complexity index is 591. The van der Waals surface area contributed by atoms with Crippen LogP contribution in [0.1, 0.15) is 31.3 Å².